The van der Waals surface area contributed by atoms with Gasteiger partial charge in [0.15, 0.2) is 0 Å². The van der Waals surface area contributed by atoms with Crippen molar-refractivity contribution in [3.63, 3.8) is 0 Å². The van der Waals surface area contributed by atoms with Crippen LogP contribution in [0.4, 0.5) is 14.5 Å². The Morgan fingerprint density at radius 3 is 2.45 bits per heavy atom. The normalized spacial score (nSPS) is 15.8. The van der Waals surface area contributed by atoms with Crippen LogP contribution in [0.2, 0.25) is 0 Å². The third-order valence-corrected chi connectivity index (χ3v) is 5.15. The fourth-order valence-corrected chi connectivity index (χ4v) is 3.44. The zero-order chi connectivity index (χ0) is 23.2. The summed E-state index contributed by atoms with van der Waals surface area (Å²) in [5.41, 5.74) is 2.23. The predicted molar refractivity (Wildman–Crippen MR) is 120 cm³/mol. The number of carbonyl (C=O) groups is 2. The molecule has 3 aromatic carbocycles. The number of anilines is 1. The molecule has 0 saturated carbocycles. The average Bonchev–Trinajstić information content (AvgIpc) is 3.31. The van der Waals surface area contributed by atoms with Gasteiger partial charge in [0.1, 0.15) is 17.7 Å². The molecule has 1 aliphatic heterocycles. The van der Waals surface area contributed by atoms with Gasteiger partial charge in [-0.15, -0.1) is 0 Å². The van der Waals surface area contributed by atoms with E-state index < -0.39 is 35.6 Å². The van der Waals surface area contributed by atoms with E-state index in [0.29, 0.717) is 17.0 Å². The number of nitrogens with one attached hydrogen (secondary N) is 2. The number of benzene rings is 3. The minimum Gasteiger partial charge on any atom is -0.382 e. The van der Waals surface area contributed by atoms with Crippen molar-refractivity contribution in [2.75, 3.05) is 5.32 Å². The molecule has 8 heteroatoms. The van der Waals surface area contributed by atoms with Crippen molar-refractivity contribution >= 4 is 23.2 Å². The molecule has 0 fully saturated rings. The van der Waals surface area contributed by atoms with Gasteiger partial charge in [-0.25, -0.2) is 8.78 Å². The maximum Gasteiger partial charge on any atom is 0.265 e. The number of rotatable bonds is 7. The van der Waals surface area contributed by atoms with E-state index in [1.165, 1.54) is 36.4 Å². The lowest BCUT2D eigenvalue weighted by molar-refractivity contribution is -0.134. The van der Waals surface area contributed by atoms with E-state index >= 15 is 0 Å². The molecule has 1 aliphatic rings. The molecular formula is C25H21F2N3O3. The molecule has 0 unspecified atom stereocenters. The molecule has 6 nitrogen and oxygen atoms in total. The molecule has 3 aromatic rings. The highest BCUT2D eigenvalue weighted by atomic mass is 19.1. The van der Waals surface area contributed by atoms with Gasteiger partial charge in [0.2, 0.25) is 12.0 Å². The van der Waals surface area contributed by atoms with Crippen molar-refractivity contribution in [2.24, 2.45) is 5.16 Å². The molecule has 4 rings (SSSR count). The lowest BCUT2D eigenvalue weighted by Gasteiger charge is -2.20. The maximum absolute atomic E-state index is 13.5. The number of oxime groups is 1. The van der Waals surface area contributed by atoms with Gasteiger partial charge in [-0.2, -0.15) is 0 Å². The summed E-state index contributed by atoms with van der Waals surface area (Å²) >= 11 is 0. The van der Waals surface area contributed by atoms with Crippen molar-refractivity contribution in [2.45, 2.75) is 25.0 Å². The van der Waals surface area contributed by atoms with Crippen molar-refractivity contribution < 1.29 is 23.2 Å². The first-order valence-corrected chi connectivity index (χ1v) is 10.4. The Labute approximate surface area is 189 Å². The summed E-state index contributed by atoms with van der Waals surface area (Å²) in [6, 6.07) is 19.5. The second kappa shape index (κ2) is 10.0. The fourth-order valence-electron chi connectivity index (χ4n) is 3.44. The van der Waals surface area contributed by atoms with Gasteiger partial charge >= 0.3 is 0 Å². The van der Waals surface area contributed by atoms with E-state index in [1.54, 1.807) is 12.1 Å². The zero-order valence-electron chi connectivity index (χ0n) is 17.5. The molecule has 0 spiro atoms. The van der Waals surface area contributed by atoms with Gasteiger partial charge in [-0.1, -0.05) is 47.6 Å². The summed E-state index contributed by atoms with van der Waals surface area (Å²) in [6.45, 7) is 0. The first-order valence-electron chi connectivity index (χ1n) is 10.4. The second-order valence-corrected chi connectivity index (χ2v) is 7.59. The Kier molecular flexibility index (Phi) is 6.73. The number of amides is 2. The van der Waals surface area contributed by atoms with Crippen LogP contribution in [0.3, 0.4) is 0 Å². The first-order chi connectivity index (χ1) is 16.0. The average molecular weight is 449 g/mol. The first kappa shape index (κ1) is 22.1. The van der Waals surface area contributed by atoms with Crippen LogP contribution in [0.5, 0.6) is 0 Å². The highest BCUT2D eigenvalue weighted by molar-refractivity contribution is 6.05. The molecule has 0 aromatic heterocycles. The van der Waals surface area contributed by atoms with Crippen LogP contribution in [0.15, 0.2) is 84.0 Å². The van der Waals surface area contributed by atoms with Gasteiger partial charge < -0.3 is 15.5 Å². The Hall–Kier alpha value is -4.07. The van der Waals surface area contributed by atoms with Gasteiger partial charge in [0, 0.05) is 24.1 Å². The predicted octanol–water partition coefficient (Wildman–Crippen LogP) is 3.82. The monoisotopic (exact) mass is 449 g/mol. The van der Waals surface area contributed by atoms with E-state index in [1.807, 2.05) is 30.3 Å². The maximum atomic E-state index is 13.5. The number of carbonyl (C=O) groups excluding carboxylic acids is 2. The Balaban J connectivity index is 1.44. The Morgan fingerprint density at radius 2 is 1.73 bits per heavy atom. The molecule has 0 bridgehead atoms. The third kappa shape index (κ3) is 5.79. The molecule has 1 heterocycles. The smallest absolute Gasteiger partial charge is 0.265 e. The summed E-state index contributed by atoms with van der Waals surface area (Å²) in [5, 5.41) is 9.33. The lowest BCUT2D eigenvalue weighted by Crippen LogP contribution is -2.48. The lowest BCUT2D eigenvalue weighted by atomic mass is 10.0. The van der Waals surface area contributed by atoms with Crippen LogP contribution in [0.1, 0.15) is 17.5 Å². The molecule has 2 amide bonds. The van der Waals surface area contributed by atoms with Crippen molar-refractivity contribution in [1.29, 1.82) is 0 Å². The van der Waals surface area contributed by atoms with E-state index in [2.05, 4.69) is 15.8 Å². The van der Waals surface area contributed by atoms with Crippen LogP contribution < -0.4 is 10.6 Å². The summed E-state index contributed by atoms with van der Waals surface area (Å²) < 4.78 is 26.7. The minimum atomic E-state index is -0.944. The molecule has 2 N–H and O–H groups in total. The van der Waals surface area contributed by atoms with Crippen LogP contribution >= 0.6 is 0 Å². The van der Waals surface area contributed by atoms with Gasteiger partial charge in [0.05, 0.1) is 5.71 Å². The Morgan fingerprint density at radius 1 is 0.970 bits per heavy atom. The largest absolute Gasteiger partial charge is 0.382 e. The minimum absolute atomic E-state index is 0.146. The fraction of sp³-hybridized carbons (Fsp3) is 0.160. The van der Waals surface area contributed by atoms with Crippen molar-refractivity contribution in [3.05, 3.63) is 102 Å². The highest BCUT2D eigenvalue weighted by Gasteiger charge is 2.32. The molecule has 0 saturated heterocycles. The van der Waals surface area contributed by atoms with Gasteiger partial charge in [0.25, 0.3) is 5.91 Å². The van der Waals surface area contributed by atoms with E-state index in [9.17, 15) is 18.4 Å². The standard InChI is InChI=1S/C25H21F2N3O3/c26-18-9-11-20(12-10-18)28-24(31)22(13-16-5-2-1-3-6-16)29-25(32)23-15-21(30-33-23)17-7-4-8-19(27)14-17/h1-12,14,22-23H,13,15H2,(H,28,31)(H,29,32)/t22-,23-/m0/s1. The number of hydrogen-bond acceptors (Lipinski definition) is 4. The number of halogens is 2. The number of hydrogen-bond donors (Lipinski definition) is 2. The molecule has 2 atom stereocenters. The molecule has 33 heavy (non-hydrogen) atoms. The van der Waals surface area contributed by atoms with Gasteiger partial charge in [-0.3, -0.25) is 9.59 Å². The Bertz CT molecular complexity index is 1170. The quantitative estimate of drug-likeness (QED) is 0.576. The third-order valence-electron chi connectivity index (χ3n) is 5.15. The van der Waals surface area contributed by atoms with E-state index in [4.69, 9.17) is 4.84 Å². The SMILES string of the molecule is O=C(Nc1ccc(F)cc1)[C@H](Cc1ccccc1)NC(=O)[C@@H]1CC(c2cccc(F)c2)=NO1. The molecule has 0 aliphatic carbocycles. The topological polar surface area (TPSA) is 79.8 Å². The van der Waals surface area contributed by atoms with Crippen LogP contribution in [-0.4, -0.2) is 29.7 Å². The van der Waals surface area contributed by atoms with Crippen LogP contribution in [-0.2, 0) is 20.8 Å². The molecule has 168 valence electrons. The van der Waals surface area contributed by atoms with Crippen LogP contribution in [0, 0.1) is 11.6 Å². The van der Waals surface area contributed by atoms with Crippen molar-refractivity contribution in [1.82, 2.24) is 5.32 Å². The summed E-state index contributed by atoms with van der Waals surface area (Å²) in [4.78, 5) is 31.1. The van der Waals surface area contributed by atoms with Crippen LogP contribution in [0.25, 0.3) is 0 Å². The highest BCUT2D eigenvalue weighted by Crippen LogP contribution is 2.18. The summed E-state index contributed by atoms with van der Waals surface area (Å²) in [6.07, 6.45) is -0.559. The zero-order valence-corrected chi connectivity index (χ0v) is 17.5. The summed E-state index contributed by atoms with van der Waals surface area (Å²) in [5.74, 6) is -1.80. The molecule has 0 radical (unpaired) electrons. The van der Waals surface area contributed by atoms with Crippen molar-refractivity contribution in [3.8, 4) is 0 Å². The molecular weight excluding hydrogens is 428 g/mol. The van der Waals surface area contributed by atoms with E-state index in [0.717, 1.165) is 5.56 Å². The second-order valence-electron chi connectivity index (χ2n) is 7.59. The number of nitrogens with zero attached hydrogens (tertiary/aromatic N) is 1. The van der Waals surface area contributed by atoms with E-state index in [-0.39, 0.29) is 12.8 Å². The van der Waals surface area contributed by atoms with Gasteiger partial charge in [-0.05, 0) is 42.0 Å². The summed E-state index contributed by atoms with van der Waals surface area (Å²) in [7, 11) is 0.